The van der Waals surface area contributed by atoms with Crippen LogP contribution >= 0.6 is 33.2 Å². The Hall–Kier alpha value is -0.706. The minimum absolute atomic E-state index is 0.0913. The zero-order valence-corrected chi connectivity index (χ0v) is 18.0. The first-order chi connectivity index (χ1) is 11.7. The topological polar surface area (TPSA) is 54.0 Å². The molecule has 1 heterocycles. The van der Waals surface area contributed by atoms with Gasteiger partial charge in [0.05, 0.1) is 13.2 Å². The summed E-state index contributed by atoms with van der Waals surface area (Å²) in [6, 6.07) is 3.35. The van der Waals surface area contributed by atoms with E-state index in [1.165, 1.54) is 0 Å². The molecule has 0 saturated heterocycles. The summed E-state index contributed by atoms with van der Waals surface area (Å²) in [7, 11) is -2.35. The van der Waals surface area contributed by atoms with Crippen molar-refractivity contribution in [2.45, 2.75) is 25.6 Å². The lowest BCUT2D eigenvalue weighted by molar-refractivity contribution is -0.137. The minimum Gasteiger partial charge on any atom is -0.520 e. The summed E-state index contributed by atoms with van der Waals surface area (Å²) in [5.74, 6) is 0.974. The number of hydrogen-bond donors (Lipinski definition) is 0. The molecule has 1 atom stereocenters. The van der Waals surface area contributed by atoms with Gasteiger partial charge < -0.3 is 18.3 Å². The van der Waals surface area contributed by atoms with Gasteiger partial charge in [0.25, 0.3) is 0 Å². The van der Waals surface area contributed by atoms with Crippen LogP contribution in [0, 0.1) is 0 Å². The fourth-order valence-electron chi connectivity index (χ4n) is 2.26. The van der Waals surface area contributed by atoms with E-state index in [0.29, 0.717) is 31.4 Å². The second kappa shape index (κ2) is 8.79. The third-order valence-electron chi connectivity index (χ3n) is 3.48. The Morgan fingerprint density at radius 1 is 1.44 bits per heavy atom. The van der Waals surface area contributed by atoms with E-state index in [-0.39, 0.29) is 6.23 Å². The van der Waals surface area contributed by atoms with E-state index in [1.54, 1.807) is 6.07 Å². The van der Waals surface area contributed by atoms with Gasteiger partial charge >= 0.3 is 20.5 Å². The first kappa shape index (κ1) is 20.6. The third kappa shape index (κ3) is 6.84. The Morgan fingerprint density at radius 2 is 2.20 bits per heavy atom. The maximum atomic E-state index is 11.0. The van der Waals surface area contributed by atoms with Crippen molar-refractivity contribution in [3.63, 3.8) is 0 Å². The van der Waals surface area contributed by atoms with Crippen molar-refractivity contribution in [2.24, 2.45) is 0 Å². The largest absolute Gasteiger partial charge is 0.520 e. The SMILES string of the molecule is C=CC(=O)OCCC[Si]1(C)OCc2cc(OC[Si](Cl)(Cl)Cl)ccc2O1. The van der Waals surface area contributed by atoms with Crippen molar-refractivity contribution >= 4 is 53.8 Å². The van der Waals surface area contributed by atoms with Crippen LogP contribution in [0.5, 0.6) is 11.5 Å². The van der Waals surface area contributed by atoms with Crippen molar-refractivity contribution in [1.82, 2.24) is 0 Å². The summed E-state index contributed by atoms with van der Waals surface area (Å²) in [6.45, 7) is 6.10. The van der Waals surface area contributed by atoms with Crippen LogP contribution in [0.1, 0.15) is 12.0 Å². The Morgan fingerprint density at radius 3 is 2.88 bits per heavy atom. The molecule has 138 valence electrons. The molecule has 0 saturated carbocycles. The smallest absolute Gasteiger partial charge is 0.396 e. The maximum absolute atomic E-state index is 11.0. The molecule has 1 aliphatic rings. The average molecular weight is 442 g/mol. The van der Waals surface area contributed by atoms with E-state index >= 15 is 0 Å². The molecule has 0 spiro atoms. The second-order valence-electron chi connectivity index (χ2n) is 5.67. The van der Waals surface area contributed by atoms with E-state index in [9.17, 15) is 4.79 Å². The lowest BCUT2D eigenvalue weighted by atomic mass is 10.2. The summed E-state index contributed by atoms with van der Waals surface area (Å²) in [5, 5.41) is 0. The predicted molar refractivity (Wildman–Crippen MR) is 103 cm³/mol. The highest BCUT2D eigenvalue weighted by Crippen LogP contribution is 2.34. The summed E-state index contributed by atoms with van der Waals surface area (Å²) in [5.41, 5.74) is 0.895. The van der Waals surface area contributed by atoms with Gasteiger partial charge in [-0.25, -0.2) is 4.79 Å². The van der Waals surface area contributed by atoms with Gasteiger partial charge in [0.1, 0.15) is 17.7 Å². The Kier molecular flexibility index (Phi) is 7.24. The number of hydrogen-bond acceptors (Lipinski definition) is 5. The average Bonchev–Trinajstić information content (AvgIpc) is 2.56. The predicted octanol–water partition coefficient (Wildman–Crippen LogP) is 4.36. The minimum atomic E-state index is -2.83. The first-order valence-electron chi connectivity index (χ1n) is 7.65. The normalized spacial score (nSPS) is 19.5. The van der Waals surface area contributed by atoms with Crippen LogP contribution < -0.4 is 9.16 Å². The molecule has 0 amide bonds. The number of ether oxygens (including phenoxy) is 2. The molecule has 1 aromatic carbocycles. The quantitative estimate of drug-likeness (QED) is 0.197. The van der Waals surface area contributed by atoms with E-state index in [4.69, 9.17) is 51.6 Å². The summed E-state index contributed by atoms with van der Waals surface area (Å²) < 4.78 is 22.5. The highest BCUT2D eigenvalue weighted by Gasteiger charge is 2.37. The van der Waals surface area contributed by atoms with Gasteiger partial charge in [0, 0.05) is 17.7 Å². The Balaban J connectivity index is 1.90. The standard InChI is InChI=1S/C15H19Cl3O5Si2/c1-3-15(19)20-7-4-8-24(2)22-10-12-9-13(5-6-14(12)23-24)21-11-25(16,17)18/h3,5-6,9H,1,4,7-8,10-11H2,2H3. The molecule has 2 rings (SSSR count). The molecule has 0 aromatic heterocycles. The monoisotopic (exact) mass is 440 g/mol. The molecule has 0 aliphatic carbocycles. The van der Waals surface area contributed by atoms with E-state index in [1.807, 2.05) is 18.7 Å². The zero-order valence-electron chi connectivity index (χ0n) is 13.7. The highest BCUT2D eigenvalue weighted by molar-refractivity contribution is 7.64. The van der Waals surface area contributed by atoms with Crippen LogP contribution in [0.3, 0.4) is 0 Å². The van der Waals surface area contributed by atoms with Crippen LogP contribution in [-0.2, 0) is 20.6 Å². The molecule has 0 fully saturated rings. The van der Waals surface area contributed by atoms with Crippen LogP contribution in [0.4, 0.5) is 0 Å². The Labute approximate surface area is 163 Å². The van der Waals surface area contributed by atoms with Crippen molar-refractivity contribution < 1.29 is 23.1 Å². The first-order valence-corrected chi connectivity index (χ1v) is 15.4. The van der Waals surface area contributed by atoms with Crippen LogP contribution in [0.15, 0.2) is 30.9 Å². The van der Waals surface area contributed by atoms with Gasteiger partial charge in [-0.3, -0.25) is 0 Å². The van der Waals surface area contributed by atoms with Crippen molar-refractivity contribution in [3.8, 4) is 11.5 Å². The third-order valence-corrected chi connectivity index (χ3v) is 7.60. The number of benzene rings is 1. The fourth-order valence-corrected chi connectivity index (χ4v) is 5.30. The van der Waals surface area contributed by atoms with Gasteiger partial charge in [0.15, 0.2) is 0 Å². The van der Waals surface area contributed by atoms with Crippen LogP contribution in [0.25, 0.3) is 0 Å². The summed E-state index contributed by atoms with van der Waals surface area (Å²) >= 11 is 17.5. The number of esters is 1. The number of fused-ring (bicyclic) bond motifs is 1. The van der Waals surface area contributed by atoms with E-state index in [2.05, 4.69) is 6.58 Å². The summed E-state index contributed by atoms with van der Waals surface area (Å²) in [4.78, 5) is 11.0. The zero-order chi connectivity index (χ0) is 18.5. The van der Waals surface area contributed by atoms with E-state index in [0.717, 1.165) is 17.4 Å². The van der Waals surface area contributed by atoms with Crippen LogP contribution in [-0.4, -0.2) is 33.4 Å². The molecule has 1 unspecified atom stereocenters. The van der Waals surface area contributed by atoms with Gasteiger partial charge in [-0.2, -0.15) is 0 Å². The molecule has 1 aliphatic heterocycles. The van der Waals surface area contributed by atoms with Crippen molar-refractivity contribution in [1.29, 1.82) is 0 Å². The number of carbonyl (C=O) groups is 1. The number of carbonyl (C=O) groups excluding carboxylic acids is 1. The van der Waals surface area contributed by atoms with Crippen molar-refractivity contribution in [2.75, 3.05) is 12.8 Å². The van der Waals surface area contributed by atoms with Gasteiger partial charge in [-0.05, 0) is 31.2 Å². The fraction of sp³-hybridized carbons (Fsp3) is 0.400. The van der Waals surface area contributed by atoms with Crippen molar-refractivity contribution in [3.05, 3.63) is 36.4 Å². The molecule has 0 N–H and O–H groups in total. The van der Waals surface area contributed by atoms with Crippen LogP contribution in [0.2, 0.25) is 12.6 Å². The lowest BCUT2D eigenvalue weighted by Gasteiger charge is -2.33. The maximum Gasteiger partial charge on any atom is 0.396 e. The summed E-state index contributed by atoms with van der Waals surface area (Å²) in [6.07, 6.45) is 1.91. The molecule has 25 heavy (non-hydrogen) atoms. The number of rotatable bonds is 8. The number of halogens is 3. The van der Waals surface area contributed by atoms with Gasteiger partial charge in [0.2, 0.25) is 0 Å². The Bertz CT molecular complexity index is 638. The second-order valence-corrected chi connectivity index (χ2v) is 18.0. The van der Waals surface area contributed by atoms with Gasteiger partial charge in [-0.1, -0.05) is 6.58 Å². The molecular formula is C15H19Cl3O5Si2. The highest BCUT2D eigenvalue weighted by atomic mass is 35.8. The molecule has 5 nitrogen and oxygen atoms in total. The molecule has 0 bridgehead atoms. The van der Waals surface area contributed by atoms with Gasteiger partial charge in [-0.15, -0.1) is 33.2 Å². The molecule has 10 heteroatoms. The molecular weight excluding hydrogens is 423 g/mol. The van der Waals surface area contributed by atoms with E-state index < -0.39 is 20.5 Å². The lowest BCUT2D eigenvalue weighted by Crippen LogP contribution is -2.44. The molecule has 0 radical (unpaired) electrons. The molecule has 1 aromatic rings.